The molecule has 1 N–H and O–H groups in total. The van der Waals surface area contributed by atoms with Gasteiger partial charge < -0.3 is 5.11 Å². The van der Waals surface area contributed by atoms with E-state index < -0.39 is 5.97 Å². The van der Waals surface area contributed by atoms with Gasteiger partial charge in [-0.15, -0.1) is 0 Å². The molecule has 0 aromatic rings. The van der Waals surface area contributed by atoms with E-state index in [0.717, 1.165) is 12.0 Å². The van der Waals surface area contributed by atoms with Gasteiger partial charge in [-0.1, -0.05) is 28.1 Å². The fourth-order valence-electron chi connectivity index (χ4n) is 0.510. The van der Waals surface area contributed by atoms with E-state index in [2.05, 4.69) is 22.5 Å². The molecule has 0 aliphatic carbocycles. The van der Waals surface area contributed by atoms with Gasteiger partial charge in [0.05, 0.1) is 0 Å². The number of carboxylic acid groups (broad SMARTS) is 1. The smallest absolute Gasteiger partial charge is 0.330 e. The molecular weight excluding hydrogens is 208 g/mol. The van der Waals surface area contributed by atoms with Crippen molar-refractivity contribution in [2.45, 2.75) is 19.8 Å². The van der Waals surface area contributed by atoms with Crippen LogP contribution in [-0.2, 0) is 4.79 Å². The summed E-state index contributed by atoms with van der Waals surface area (Å²) in [6, 6.07) is 0. The van der Waals surface area contributed by atoms with Crippen molar-refractivity contribution in [1.82, 2.24) is 0 Å². The third-order valence-corrected chi connectivity index (χ3v) is 2.09. The highest BCUT2D eigenvalue weighted by Gasteiger charge is 2.02. The molecular formula is C8H11BrO2. The SMILES string of the molecule is C=C(CCC(C)=CBr)C(=O)O. The number of halogens is 1. The Morgan fingerprint density at radius 2 is 2.18 bits per heavy atom. The van der Waals surface area contributed by atoms with Gasteiger partial charge >= 0.3 is 5.97 Å². The van der Waals surface area contributed by atoms with Crippen molar-refractivity contribution < 1.29 is 9.90 Å². The summed E-state index contributed by atoms with van der Waals surface area (Å²) in [7, 11) is 0. The largest absolute Gasteiger partial charge is 0.478 e. The summed E-state index contributed by atoms with van der Waals surface area (Å²) in [5.41, 5.74) is 1.38. The summed E-state index contributed by atoms with van der Waals surface area (Å²) in [6.45, 7) is 5.35. The average Bonchev–Trinajstić information content (AvgIpc) is 1.99. The van der Waals surface area contributed by atoms with Crippen molar-refractivity contribution >= 4 is 21.9 Å². The number of rotatable bonds is 4. The van der Waals surface area contributed by atoms with Gasteiger partial charge in [0.1, 0.15) is 0 Å². The lowest BCUT2D eigenvalue weighted by Crippen LogP contribution is -1.98. The molecule has 3 heteroatoms. The highest BCUT2D eigenvalue weighted by Crippen LogP contribution is 2.10. The molecule has 0 bridgehead atoms. The molecule has 0 heterocycles. The van der Waals surface area contributed by atoms with Crippen molar-refractivity contribution in [3.8, 4) is 0 Å². The van der Waals surface area contributed by atoms with Crippen molar-refractivity contribution in [3.05, 3.63) is 22.7 Å². The van der Waals surface area contributed by atoms with Gasteiger partial charge in [0, 0.05) is 5.57 Å². The molecule has 0 unspecified atom stereocenters. The maximum atomic E-state index is 10.3. The van der Waals surface area contributed by atoms with Gasteiger partial charge in [0.2, 0.25) is 0 Å². The quantitative estimate of drug-likeness (QED) is 0.738. The third kappa shape index (κ3) is 4.79. The van der Waals surface area contributed by atoms with E-state index in [4.69, 9.17) is 5.11 Å². The van der Waals surface area contributed by atoms with Crippen LogP contribution in [0.4, 0.5) is 0 Å². The fourth-order valence-corrected chi connectivity index (χ4v) is 0.738. The number of hydrogen-bond acceptors (Lipinski definition) is 1. The second-order valence-electron chi connectivity index (χ2n) is 2.36. The third-order valence-electron chi connectivity index (χ3n) is 1.31. The summed E-state index contributed by atoms with van der Waals surface area (Å²) in [6.07, 6.45) is 1.26. The average molecular weight is 219 g/mol. The molecule has 0 rings (SSSR count). The molecule has 11 heavy (non-hydrogen) atoms. The Morgan fingerprint density at radius 3 is 2.55 bits per heavy atom. The van der Waals surface area contributed by atoms with Crippen LogP contribution in [0.3, 0.4) is 0 Å². The fraction of sp³-hybridized carbons (Fsp3) is 0.375. The van der Waals surface area contributed by atoms with E-state index in [0.29, 0.717) is 6.42 Å². The molecule has 0 atom stereocenters. The molecule has 0 aromatic carbocycles. The second-order valence-corrected chi connectivity index (χ2v) is 2.82. The standard InChI is InChI=1S/C8H11BrO2/c1-6(5-9)3-4-7(2)8(10)11/h5H,2-4H2,1H3,(H,10,11). The van der Waals surface area contributed by atoms with Crippen LogP contribution < -0.4 is 0 Å². The molecule has 62 valence electrons. The van der Waals surface area contributed by atoms with Crippen LogP contribution in [0.25, 0.3) is 0 Å². The van der Waals surface area contributed by atoms with Crippen LogP contribution >= 0.6 is 15.9 Å². The van der Waals surface area contributed by atoms with Gasteiger partial charge in [-0.3, -0.25) is 0 Å². The first kappa shape index (κ1) is 10.4. The van der Waals surface area contributed by atoms with Gasteiger partial charge in [-0.2, -0.15) is 0 Å². The topological polar surface area (TPSA) is 37.3 Å². The highest BCUT2D eigenvalue weighted by molar-refractivity contribution is 9.11. The highest BCUT2D eigenvalue weighted by atomic mass is 79.9. The lowest BCUT2D eigenvalue weighted by molar-refractivity contribution is -0.132. The predicted molar refractivity (Wildman–Crippen MR) is 48.7 cm³/mol. The Hall–Kier alpha value is -0.570. The van der Waals surface area contributed by atoms with E-state index in [1.165, 1.54) is 0 Å². The zero-order valence-corrected chi connectivity index (χ0v) is 8.02. The zero-order valence-electron chi connectivity index (χ0n) is 6.43. The van der Waals surface area contributed by atoms with Crippen LogP contribution in [0.2, 0.25) is 0 Å². The molecule has 0 amide bonds. The zero-order chi connectivity index (χ0) is 8.85. The summed E-state index contributed by atoms with van der Waals surface area (Å²) in [5, 5.41) is 8.44. The van der Waals surface area contributed by atoms with Crippen molar-refractivity contribution in [3.63, 3.8) is 0 Å². The van der Waals surface area contributed by atoms with E-state index >= 15 is 0 Å². The van der Waals surface area contributed by atoms with Gasteiger partial charge in [0.25, 0.3) is 0 Å². The number of carbonyl (C=O) groups is 1. The molecule has 0 aromatic heterocycles. The lowest BCUT2D eigenvalue weighted by atomic mass is 10.1. The first-order valence-electron chi connectivity index (χ1n) is 3.25. The second kappa shape index (κ2) is 5.13. The van der Waals surface area contributed by atoms with Crippen molar-refractivity contribution in [1.29, 1.82) is 0 Å². The molecule has 0 spiro atoms. The van der Waals surface area contributed by atoms with Crippen LogP contribution in [0.15, 0.2) is 22.7 Å². The summed E-state index contributed by atoms with van der Waals surface area (Å²) >= 11 is 3.16. The minimum absolute atomic E-state index is 0.263. The van der Waals surface area contributed by atoms with Crippen molar-refractivity contribution in [2.24, 2.45) is 0 Å². The number of allylic oxidation sites excluding steroid dienone is 1. The van der Waals surface area contributed by atoms with Gasteiger partial charge in [-0.05, 0) is 24.8 Å². The first-order chi connectivity index (χ1) is 5.07. The lowest BCUT2D eigenvalue weighted by Gasteiger charge is -1.98. The van der Waals surface area contributed by atoms with Crippen molar-refractivity contribution in [2.75, 3.05) is 0 Å². The number of aliphatic carboxylic acids is 1. The molecule has 0 fully saturated rings. The normalized spacial score (nSPS) is 11.3. The summed E-state index contributed by atoms with van der Waals surface area (Å²) in [4.78, 5) is 12.1. The Balaban J connectivity index is 3.72. The van der Waals surface area contributed by atoms with Crippen LogP contribution in [-0.4, -0.2) is 11.1 Å². The maximum Gasteiger partial charge on any atom is 0.330 e. The molecule has 2 nitrogen and oxygen atoms in total. The van der Waals surface area contributed by atoms with Gasteiger partial charge in [-0.25, -0.2) is 4.79 Å². The molecule has 0 aliphatic heterocycles. The summed E-state index contributed by atoms with van der Waals surface area (Å²) in [5.74, 6) is -0.910. The minimum atomic E-state index is -0.910. The van der Waals surface area contributed by atoms with E-state index in [1.54, 1.807) is 4.99 Å². The van der Waals surface area contributed by atoms with Crippen LogP contribution in [0, 0.1) is 0 Å². The summed E-state index contributed by atoms with van der Waals surface area (Å²) < 4.78 is 0. The maximum absolute atomic E-state index is 10.3. The predicted octanol–water partition coefficient (Wildman–Crippen LogP) is 2.71. The van der Waals surface area contributed by atoms with E-state index in [1.807, 2.05) is 6.92 Å². The Kier molecular flexibility index (Phi) is 4.86. The number of carboxylic acids is 1. The first-order valence-corrected chi connectivity index (χ1v) is 4.16. The molecule has 0 radical (unpaired) electrons. The van der Waals surface area contributed by atoms with E-state index in [9.17, 15) is 4.79 Å². The molecule has 0 saturated heterocycles. The monoisotopic (exact) mass is 218 g/mol. The molecule has 0 saturated carbocycles. The Labute approximate surface area is 74.7 Å². The van der Waals surface area contributed by atoms with Crippen LogP contribution in [0.5, 0.6) is 0 Å². The van der Waals surface area contributed by atoms with Crippen LogP contribution in [0.1, 0.15) is 19.8 Å². The van der Waals surface area contributed by atoms with Gasteiger partial charge in [0.15, 0.2) is 0 Å². The van der Waals surface area contributed by atoms with E-state index in [-0.39, 0.29) is 5.57 Å². The minimum Gasteiger partial charge on any atom is -0.478 e. The number of hydrogen-bond donors (Lipinski definition) is 1. The Bertz CT molecular complexity index is 194. The Morgan fingerprint density at radius 1 is 1.64 bits per heavy atom. The molecule has 0 aliphatic rings.